The lowest BCUT2D eigenvalue weighted by Crippen LogP contribution is -2.51. The fraction of sp³-hybridized carbons (Fsp3) is 1.00. The topological polar surface area (TPSA) is 116 Å². The maximum Gasteiger partial charge on any atom is 0.229 e. The van der Waals surface area contributed by atoms with Gasteiger partial charge in [0.15, 0.2) is 0 Å². The van der Waals surface area contributed by atoms with Crippen LogP contribution < -0.4 is 5.73 Å². The van der Waals surface area contributed by atoms with Crippen molar-refractivity contribution in [2.45, 2.75) is 70.9 Å². The van der Waals surface area contributed by atoms with Crippen molar-refractivity contribution in [2.24, 2.45) is 5.73 Å². The normalized spacial score (nSPS) is 12.6. The molecule has 0 bridgehead atoms. The van der Waals surface area contributed by atoms with Crippen molar-refractivity contribution in [3.05, 3.63) is 20.2 Å². The molecule has 0 aromatic rings. The van der Waals surface area contributed by atoms with Crippen LogP contribution in [0.5, 0.6) is 0 Å². The highest BCUT2D eigenvalue weighted by molar-refractivity contribution is 4.79. The molecule has 0 saturated heterocycles. The summed E-state index contributed by atoms with van der Waals surface area (Å²) in [6, 6.07) is 0. The van der Waals surface area contributed by atoms with Gasteiger partial charge in [-0.2, -0.15) is 0 Å². The van der Waals surface area contributed by atoms with E-state index >= 15 is 0 Å². The van der Waals surface area contributed by atoms with Crippen molar-refractivity contribution >= 4 is 0 Å². The molecule has 23 heavy (non-hydrogen) atoms. The van der Waals surface area contributed by atoms with E-state index < -0.39 is 11.1 Å². The smallest absolute Gasteiger partial charge is 0.229 e. The monoisotopic (exact) mass is 332 g/mol. The Hall–Kier alpha value is -1.28. The van der Waals surface area contributed by atoms with Gasteiger partial charge < -0.3 is 5.73 Å². The summed E-state index contributed by atoms with van der Waals surface area (Å²) in [4.78, 5) is 23.5. The second kappa shape index (κ2) is 9.77. The molecule has 0 aromatic carbocycles. The van der Waals surface area contributed by atoms with Gasteiger partial charge in [0, 0.05) is 37.5 Å². The largest absolute Gasteiger partial charge is 0.330 e. The summed E-state index contributed by atoms with van der Waals surface area (Å²) in [5.74, 6) is 0. The van der Waals surface area contributed by atoms with Crippen LogP contribution in [0.3, 0.4) is 0 Å². The van der Waals surface area contributed by atoms with E-state index in [-0.39, 0.29) is 22.9 Å². The van der Waals surface area contributed by atoms with E-state index in [4.69, 9.17) is 5.73 Å². The second-order valence-corrected chi connectivity index (χ2v) is 7.41. The van der Waals surface area contributed by atoms with E-state index in [1.807, 2.05) is 4.90 Å². The summed E-state index contributed by atoms with van der Waals surface area (Å²) in [6.07, 6.45) is 5.05. The highest BCUT2D eigenvalue weighted by Crippen LogP contribution is 2.17. The predicted molar refractivity (Wildman–Crippen MR) is 90.7 cm³/mol. The quantitative estimate of drug-likeness (QED) is 0.314. The fourth-order valence-corrected chi connectivity index (χ4v) is 2.43. The van der Waals surface area contributed by atoms with Crippen LogP contribution in [0.25, 0.3) is 0 Å². The first kappa shape index (κ1) is 21.7. The van der Waals surface area contributed by atoms with Gasteiger partial charge in [-0.3, -0.25) is 25.1 Å². The third kappa shape index (κ3) is 8.80. The zero-order chi connectivity index (χ0) is 18.1. The highest BCUT2D eigenvalue weighted by Gasteiger charge is 2.38. The Labute approximate surface area is 138 Å². The molecule has 8 nitrogen and oxygen atoms in total. The molecule has 0 saturated carbocycles. The minimum atomic E-state index is -1.12. The van der Waals surface area contributed by atoms with Crippen molar-refractivity contribution in [1.82, 2.24) is 4.90 Å². The first-order chi connectivity index (χ1) is 10.5. The molecule has 0 fully saturated rings. The van der Waals surface area contributed by atoms with Crippen LogP contribution in [-0.2, 0) is 0 Å². The van der Waals surface area contributed by atoms with E-state index in [9.17, 15) is 20.2 Å². The Morgan fingerprint density at radius 1 is 0.826 bits per heavy atom. The highest BCUT2D eigenvalue weighted by atomic mass is 16.6. The zero-order valence-electron chi connectivity index (χ0n) is 14.9. The first-order valence-electron chi connectivity index (χ1n) is 8.24. The van der Waals surface area contributed by atoms with Gasteiger partial charge in [-0.25, -0.2) is 0 Å². The Morgan fingerprint density at radius 3 is 1.61 bits per heavy atom. The maximum absolute atomic E-state index is 11.1. The number of nitrogens with two attached hydrogens (primary N) is 1. The number of hydrogen-bond donors (Lipinski definition) is 1. The number of rotatable bonds is 13. The lowest BCUT2D eigenvalue weighted by molar-refractivity contribution is -0.569. The van der Waals surface area contributed by atoms with Crippen LogP contribution in [0.4, 0.5) is 0 Å². The van der Waals surface area contributed by atoms with Crippen molar-refractivity contribution in [3.63, 3.8) is 0 Å². The van der Waals surface area contributed by atoms with Crippen molar-refractivity contribution in [2.75, 3.05) is 26.2 Å². The minimum Gasteiger partial charge on any atom is -0.330 e. The van der Waals surface area contributed by atoms with Crippen LogP contribution in [0.2, 0.25) is 0 Å². The van der Waals surface area contributed by atoms with E-state index in [0.29, 0.717) is 13.1 Å². The molecule has 136 valence electrons. The number of unbranched alkanes of at least 4 members (excludes halogenated alkanes) is 4. The Morgan fingerprint density at radius 2 is 1.22 bits per heavy atom. The number of nitrogens with zero attached hydrogens (tertiary/aromatic N) is 3. The van der Waals surface area contributed by atoms with Crippen LogP contribution in [0.15, 0.2) is 0 Å². The molecule has 0 aromatic heterocycles. The molecular formula is C15H32N4O4. The SMILES string of the molecule is CC(C)(CN(CCCCCCCN)CC(C)(C)[N+](=O)[O-])[N+](=O)[O-]. The average Bonchev–Trinajstić information content (AvgIpc) is 2.41. The Bertz CT molecular complexity index is 358. The van der Waals surface area contributed by atoms with Crippen LogP contribution in [-0.4, -0.2) is 52.0 Å². The molecule has 0 spiro atoms. The summed E-state index contributed by atoms with van der Waals surface area (Å²) >= 11 is 0. The Kier molecular flexibility index (Phi) is 9.23. The van der Waals surface area contributed by atoms with Crippen molar-refractivity contribution in [1.29, 1.82) is 0 Å². The van der Waals surface area contributed by atoms with E-state index in [1.165, 1.54) is 0 Å². The fourth-order valence-electron chi connectivity index (χ4n) is 2.43. The van der Waals surface area contributed by atoms with Gasteiger partial charge in [0.1, 0.15) is 0 Å². The molecule has 0 rings (SSSR count). The van der Waals surface area contributed by atoms with Crippen LogP contribution in [0.1, 0.15) is 59.8 Å². The minimum absolute atomic E-state index is 0.208. The third-order valence-corrected chi connectivity index (χ3v) is 3.89. The molecule has 0 heterocycles. The van der Waals surface area contributed by atoms with Crippen molar-refractivity contribution in [3.8, 4) is 0 Å². The summed E-state index contributed by atoms with van der Waals surface area (Å²) in [7, 11) is 0. The first-order valence-corrected chi connectivity index (χ1v) is 8.24. The van der Waals surface area contributed by atoms with E-state index in [1.54, 1.807) is 27.7 Å². The summed E-state index contributed by atoms with van der Waals surface area (Å²) < 4.78 is 0. The molecule has 0 aliphatic rings. The van der Waals surface area contributed by atoms with Gasteiger partial charge in [0.2, 0.25) is 11.1 Å². The van der Waals surface area contributed by atoms with Gasteiger partial charge in [-0.1, -0.05) is 19.3 Å². The van der Waals surface area contributed by atoms with E-state index in [0.717, 1.165) is 32.1 Å². The second-order valence-electron chi connectivity index (χ2n) is 7.41. The molecule has 0 atom stereocenters. The Balaban J connectivity index is 4.62. The lowest BCUT2D eigenvalue weighted by Gasteiger charge is -2.30. The van der Waals surface area contributed by atoms with Gasteiger partial charge in [0.25, 0.3) is 0 Å². The van der Waals surface area contributed by atoms with Gasteiger partial charge in [-0.15, -0.1) is 0 Å². The van der Waals surface area contributed by atoms with Crippen LogP contribution in [0, 0.1) is 20.2 Å². The molecular weight excluding hydrogens is 300 g/mol. The molecule has 0 aliphatic heterocycles. The molecule has 0 radical (unpaired) electrons. The van der Waals surface area contributed by atoms with Crippen LogP contribution >= 0.6 is 0 Å². The average molecular weight is 332 g/mol. The molecule has 0 unspecified atom stereocenters. The maximum atomic E-state index is 11.1. The molecule has 2 N–H and O–H groups in total. The van der Waals surface area contributed by atoms with E-state index in [2.05, 4.69) is 0 Å². The standard InChI is InChI=1S/C15H32N4O4/c1-14(2,18(20)21)12-17(13-15(3,4)19(22)23)11-9-7-5-6-8-10-16/h5-13,16H2,1-4H3. The predicted octanol–water partition coefficient (Wildman–Crippen LogP) is 2.31. The summed E-state index contributed by atoms with van der Waals surface area (Å²) in [6.45, 7) is 7.97. The van der Waals surface area contributed by atoms with Gasteiger partial charge in [-0.05, 0) is 25.9 Å². The summed E-state index contributed by atoms with van der Waals surface area (Å²) in [5, 5.41) is 22.3. The van der Waals surface area contributed by atoms with Gasteiger partial charge in [0.05, 0.1) is 13.1 Å². The third-order valence-electron chi connectivity index (χ3n) is 3.89. The zero-order valence-corrected chi connectivity index (χ0v) is 14.9. The van der Waals surface area contributed by atoms with Gasteiger partial charge >= 0.3 is 0 Å². The number of hydrogen-bond acceptors (Lipinski definition) is 6. The molecule has 8 heteroatoms. The van der Waals surface area contributed by atoms with Crippen molar-refractivity contribution < 1.29 is 9.85 Å². The molecule has 0 aliphatic carbocycles. The summed E-state index contributed by atoms with van der Waals surface area (Å²) in [5.41, 5.74) is 3.21. The molecule has 0 amide bonds. The number of nitro groups is 2. The lowest BCUT2D eigenvalue weighted by atomic mass is 10.0.